The molecule has 0 atom stereocenters. The second kappa shape index (κ2) is 8.12. The van der Waals surface area contributed by atoms with Gasteiger partial charge in [0.25, 0.3) is 0 Å². The van der Waals surface area contributed by atoms with Crippen LogP contribution in [0.2, 0.25) is 5.02 Å². The van der Waals surface area contributed by atoms with Crippen LogP contribution in [0.25, 0.3) is 0 Å². The van der Waals surface area contributed by atoms with Gasteiger partial charge in [-0.1, -0.05) is 17.7 Å². The molecule has 7 heteroatoms. The van der Waals surface area contributed by atoms with E-state index < -0.39 is 11.8 Å². The Balaban J connectivity index is 1.89. The molecule has 0 saturated carbocycles. The van der Waals surface area contributed by atoms with E-state index in [4.69, 9.17) is 16.3 Å². The van der Waals surface area contributed by atoms with Crippen molar-refractivity contribution in [3.8, 4) is 5.75 Å². The standard InChI is InChI=1S/C17H16ClN3O3/c1-11-3-6-13(9-15(11)18)20-16(22)17(23)21-19-10-12-4-7-14(24-2)8-5-12/h3-10H,1-2H3,(H,20,22)(H,21,23). The molecule has 2 aromatic carbocycles. The first-order chi connectivity index (χ1) is 11.5. The molecule has 0 heterocycles. The van der Waals surface area contributed by atoms with Crippen molar-refractivity contribution in [2.45, 2.75) is 6.92 Å². The summed E-state index contributed by atoms with van der Waals surface area (Å²) in [7, 11) is 1.57. The molecule has 0 aliphatic rings. The van der Waals surface area contributed by atoms with Crippen LogP contribution < -0.4 is 15.5 Å². The zero-order valence-corrected chi connectivity index (χ0v) is 13.9. The highest BCUT2D eigenvalue weighted by atomic mass is 35.5. The van der Waals surface area contributed by atoms with Crippen molar-refractivity contribution in [1.82, 2.24) is 5.43 Å². The summed E-state index contributed by atoms with van der Waals surface area (Å²) in [4.78, 5) is 23.5. The van der Waals surface area contributed by atoms with Crippen molar-refractivity contribution in [2.24, 2.45) is 5.10 Å². The third kappa shape index (κ3) is 4.82. The molecule has 0 radical (unpaired) electrons. The number of hydrogen-bond donors (Lipinski definition) is 2. The number of aryl methyl sites for hydroxylation is 1. The van der Waals surface area contributed by atoms with E-state index in [0.29, 0.717) is 16.5 Å². The quantitative estimate of drug-likeness (QED) is 0.508. The highest BCUT2D eigenvalue weighted by Crippen LogP contribution is 2.19. The molecule has 6 nitrogen and oxygen atoms in total. The summed E-state index contributed by atoms with van der Waals surface area (Å²) in [5.74, 6) is -0.995. The third-order valence-corrected chi connectivity index (χ3v) is 3.54. The molecule has 124 valence electrons. The summed E-state index contributed by atoms with van der Waals surface area (Å²) < 4.78 is 5.04. The molecule has 2 N–H and O–H groups in total. The zero-order valence-electron chi connectivity index (χ0n) is 13.2. The fraction of sp³-hybridized carbons (Fsp3) is 0.118. The summed E-state index contributed by atoms with van der Waals surface area (Å²) in [6.07, 6.45) is 1.42. The summed E-state index contributed by atoms with van der Waals surface area (Å²) >= 11 is 5.97. The summed E-state index contributed by atoms with van der Waals surface area (Å²) in [5, 5.41) is 6.69. The second-order valence-electron chi connectivity index (χ2n) is 4.89. The lowest BCUT2D eigenvalue weighted by Crippen LogP contribution is -2.32. The first-order valence-electron chi connectivity index (χ1n) is 7.04. The van der Waals surface area contributed by atoms with Gasteiger partial charge in [-0.05, 0) is 54.4 Å². The Bertz CT molecular complexity index is 773. The van der Waals surface area contributed by atoms with Crippen LogP contribution in [-0.2, 0) is 9.59 Å². The van der Waals surface area contributed by atoms with Gasteiger partial charge in [0.2, 0.25) is 0 Å². The number of ether oxygens (including phenoxy) is 1. The van der Waals surface area contributed by atoms with Crippen molar-refractivity contribution < 1.29 is 14.3 Å². The van der Waals surface area contributed by atoms with Crippen LogP contribution in [0.15, 0.2) is 47.6 Å². The molecule has 2 aromatic rings. The van der Waals surface area contributed by atoms with Gasteiger partial charge in [-0.15, -0.1) is 0 Å². The molecule has 0 aliphatic heterocycles. The van der Waals surface area contributed by atoms with Crippen molar-refractivity contribution in [1.29, 1.82) is 0 Å². The van der Waals surface area contributed by atoms with Crippen molar-refractivity contribution in [3.05, 3.63) is 58.6 Å². The Morgan fingerprint density at radius 2 is 1.83 bits per heavy atom. The molecule has 0 saturated heterocycles. The fourth-order valence-electron chi connectivity index (χ4n) is 1.76. The lowest BCUT2D eigenvalue weighted by Gasteiger charge is -2.05. The zero-order chi connectivity index (χ0) is 17.5. The minimum Gasteiger partial charge on any atom is -0.497 e. The molecule has 2 rings (SSSR count). The largest absolute Gasteiger partial charge is 0.497 e. The van der Waals surface area contributed by atoms with E-state index in [9.17, 15) is 9.59 Å². The maximum atomic E-state index is 11.8. The Morgan fingerprint density at radius 1 is 1.12 bits per heavy atom. The first kappa shape index (κ1) is 17.5. The SMILES string of the molecule is COc1ccc(C=NNC(=O)C(=O)Nc2ccc(C)c(Cl)c2)cc1. The van der Waals surface area contributed by atoms with Gasteiger partial charge in [-0.2, -0.15) is 5.10 Å². The number of nitrogens with zero attached hydrogens (tertiary/aromatic N) is 1. The molecule has 24 heavy (non-hydrogen) atoms. The predicted molar refractivity (Wildman–Crippen MR) is 93.5 cm³/mol. The number of hydrogen-bond acceptors (Lipinski definition) is 4. The number of benzene rings is 2. The van der Waals surface area contributed by atoms with E-state index in [0.717, 1.165) is 11.1 Å². The van der Waals surface area contributed by atoms with Gasteiger partial charge in [0.05, 0.1) is 13.3 Å². The van der Waals surface area contributed by atoms with E-state index in [2.05, 4.69) is 15.8 Å². The van der Waals surface area contributed by atoms with Crippen LogP contribution in [0, 0.1) is 6.92 Å². The smallest absolute Gasteiger partial charge is 0.329 e. The van der Waals surface area contributed by atoms with Crippen LogP contribution in [0.5, 0.6) is 5.75 Å². The highest BCUT2D eigenvalue weighted by molar-refractivity contribution is 6.39. The Hall–Kier alpha value is -2.86. The number of carbonyl (C=O) groups is 2. The minimum atomic E-state index is -0.878. The van der Waals surface area contributed by atoms with Crippen LogP contribution >= 0.6 is 11.6 Å². The fourth-order valence-corrected chi connectivity index (χ4v) is 1.95. The normalized spacial score (nSPS) is 10.5. The van der Waals surface area contributed by atoms with E-state index in [-0.39, 0.29) is 0 Å². The molecule has 0 aliphatic carbocycles. The first-order valence-corrected chi connectivity index (χ1v) is 7.42. The summed E-state index contributed by atoms with van der Waals surface area (Å²) in [6, 6.07) is 12.0. The van der Waals surface area contributed by atoms with Crippen molar-refractivity contribution in [2.75, 3.05) is 12.4 Å². The van der Waals surface area contributed by atoms with Gasteiger partial charge in [0.1, 0.15) is 5.75 Å². The predicted octanol–water partition coefficient (Wildman–Crippen LogP) is 2.75. The van der Waals surface area contributed by atoms with E-state index >= 15 is 0 Å². The number of hydrazone groups is 1. The lowest BCUT2D eigenvalue weighted by atomic mass is 10.2. The summed E-state index contributed by atoms with van der Waals surface area (Å²) in [6.45, 7) is 1.84. The monoisotopic (exact) mass is 345 g/mol. The van der Waals surface area contributed by atoms with E-state index in [1.165, 1.54) is 6.21 Å². The molecular weight excluding hydrogens is 330 g/mol. The van der Waals surface area contributed by atoms with Crippen LogP contribution in [0.1, 0.15) is 11.1 Å². The van der Waals surface area contributed by atoms with Gasteiger partial charge >= 0.3 is 11.8 Å². The van der Waals surface area contributed by atoms with Gasteiger partial charge in [-0.3, -0.25) is 9.59 Å². The summed E-state index contributed by atoms with van der Waals surface area (Å²) in [5.41, 5.74) is 4.22. The van der Waals surface area contributed by atoms with E-state index in [1.807, 2.05) is 6.92 Å². The van der Waals surface area contributed by atoms with E-state index in [1.54, 1.807) is 49.6 Å². The number of anilines is 1. The molecule has 0 unspecified atom stereocenters. The highest BCUT2D eigenvalue weighted by Gasteiger charge is 2.13. The number of methoxy groups -OCH3 is 1. The molecule has 0 spiro atoms. The maximum absolute atomic E-state index is 11.8. The molecule has 2 amide bonds. The average Bonchev–Trinajstić information content (AvgIpc) is 2.58. The number of rotatable bonds is 4. The molecule has 0 bridgehead atoms. The van der Waals surface area contributed by atoms with Crippen LogP contribution in [0.4, 0.5) is 5.69 Å². The minimum absolute atomic E-state index is 0.435. The van der Waals surface area contributed by atoms with Gasteiger partial charge in [0, 0.05) is 10.7 Å². The van der Waals surface area contributed by atoms with Crippen molar-refractivity contribution >= 4 is 35.3 Å². The molecule has 0 fully saturated rings. The van der Waals surface area contributed by atoms with Crippen molar-refractivity contribution in [3.63, 3.8) is 0 Å². The maximum Gasteiger partial charge on any atom is 0.329 e. The Kier molecular flexibility index (Phi) is 5.92. The van der Waals surface area contributed by atoms with Crippen LogP contribution in [0.3, 0.4) is 0 Å². The van der Waals surface area contributed by atoms with Gasteiger partial charge in [-0.25, -0.2) is 5.43 Å². The Labute approximate surface area is 144 Å². The topological polar surface area (TPSA) is 79.8 Å². The second-order valence-corrected chi connectivity index (χ2v) is 5.30. The van der Waals surface area contributed by atoms with Gasteiger partial charge in [0.15, 0.2) is 0 Å². The van der Waals surface area contributed by atoms with Crippen LogP contribution in [-0.4, -0.2) is 25.1 Å². The number of halogens is 1. The third-order valence-electron chi connectivity index (χ3n) is 3.13. The number of carbonyl (C=O) groups excluding carboxylic acids is 2. The average molecular weight is 346 g/mol. The number of amides is 2. The number of nitrogens with one attached hydrogen (secondary N) is 2. The molecule has 0 aromatic heterocycles. The van der Waals surface area contributed by atoms with Gasteiger partial charge < -0.3 is 10.1 Å². The Morgan fingerprint density at radius 3 is 2.46 bits per heavy atom. The lowest BCUT2D eigenvalue weighted by molar-refractivity contribution is -0.136. The molecular formula is C17H16ClN3O3.